The minimum atomic E-state index is -0.0298. The molecule has 2 aromatic rings. The molecule has 2 rings (SSSR count). The van der Waals surface area contributed by atoms with Gasteiger partial charge in [-0.2, -0.15) is 0 Å². The van der Waals surface area contributed by atoms with E-state index in [1.807, 2.05) is 42.5 Å². The average molecular weight is 410 g/mol. The van der Waals surface area contributed by atoms with Gasteiger partial charge in [-0.05, 0) is 48.0 Å². The molecule has 2 aromatic carbocycles. The molecule has 4 heteroatoms. The van der Waals surface area contributed by atoms with Crippen LogP contribution in [0, 0.1) is 0 Å². The van der Waals surface area contributed by atoms with Gasteiger partial charge in [-0.1, -0.05) is 50.1 Å². The number of halogens is 2. The highest BCUT2D eigenvalue weighted by molar-refractivity contribution is 9.10. The monoisotopic (exact) mass is 408 g/mol. The third-order valence-corrected chi connectivity index (χ3v) is 3.85. The quantitative estimate of drug-likeness (QED) is 0.376. The number of carbonyl (C=O) groups excluding carboxylic acids is 1. The molecular weight excluding hydrogens is 396 g/mol. The van der Waals surface area contributed by atoms with Gasteiger partial charge in [0.2, 0.25) is 0 Å². The van der Waals surface area contributed by atoms with Crippen LogP contribution in [0.5, 0.6) is 5.75 Å². The van der Waals surface area contributed by atoms with Crippen LogP contribution in [-0.4, -0.2) is 17.7 Å². The van der Waals surface area contributed by atoms with Gasteiger partial charge in [-0.3, -0.25) is 4.79 Å². The van der Waals surface area contributed by atoms with E-state index in [-0.39, 0.29) is 5.78 Å². The molecule has 2 nitrogen and oxygen atoms in total. The summed E-state index contributed by atoms with van der Waals surface area (Å²) in [4.78, 5) is 12.1. The minimum absolute atomic E-state index is 0.0298. The van der Waals surface area contributed by atoms with Crippen LogP contribution in [0.3, 0.4) is 0 Å². The van der Waals surface area contributed by atoms with Gasteiger partial charge in [0, 0.05) is 15.4 Å². The van der Waals surface area contributed by atoms with Gasteiger partial charge in [-0.25, -0.2) is 0 Å². The Morgan fingerprint density at radius 3 is 2.48 bits per heavy atom. The topological polar surface area (TPSA) is 26.3 Å². The Bertz CT molecular complexity index is 633. The van der Waals surface area contributed by atoms with Crippen LogP contribution in [-0.2, 0) is 0 Å². The Morgan fingerprint density at radius 1 is 1.10 bits per heavy atom. The van der Waals surface area contributed by atoms with Crippen LogP contribution < -0.4 is 4.74 Å². The second kappa shape index (κ2) is 8.15. The van der Waals surface area contributed by atoms with Gasteiger partial charge in [0.1, 0.15) is 5.75 Å². The zero-order valence-electron chi connectivity index (χ0n) is 11.3. The number of allylic oxidation sites excluding steroid dienone is 1. The number of ketones is 1. The molecule has 0 aliphatic rings. The van der Waals surface area contributed by atoms with E-state index in [1.54, 1.807) is 18.2 Å². The van der Waals surface area contributed by atoms with E-state index < -0.39 is 0 Å². The molecule has 0 spiro atoms. The normalized spacial score (nSPS) is 10.8. The maximum atomic E-state index is 12.1. The van der Waals surface area contributed by atoms with Crippen molar-refractivity contribution in [3.05, 3.63) is 70.2 Å². The zero-order chi connectivity index (χ0) is 15.1. The SMILES string of the molecule is O=C(/C=C/c1ccccc1Br)c1ccc(OCCBr)cc1. The largest absolute Gasteiger partial charge is 0.493 e. The first kappa shape index (κ1) is 16.0. The summed E-state index contributed by atoms with van der Waals surface area (Å²) in [6.07, 6.45) is 3.39. The zero-order valence-corrected chi connectivity index (χ0v) is 14.4. The van der Waals surface area contributed by atoms with Crippen molar-refractivity contribution in [1.29, 1.82) is 0 Å². The molecular formula is C17H14Br2O2. The predicted molar refractivity (Wildman–Crippen MR) is 93.2 cm³/mol. The summed E-state index contributed by atoms with van der Waals surface area (Å²) in [6, 6.07) is 14.9. The molecule has 0 aromatic heterocycles. The predicted octanol–water partition coefficient (Wildman–Crippen LogP) is 5.12. The number of rotatable bonds is 6. The van der Waals surface area contributed by atoms with E-state index >= 15 is 0 Å². The molecule has 0 heterocycles. The maximum Gasteiger partial charge on any atom is 0.185 e. The summed E-state index contributed by atoms with van der Waals surface area (Å²) >= 11 is 6.75. The summed E-state index contributed by atoms with van der Waals surface area (Å²) in [5.74, 6) is 0.735. The number of carbonyl (C=O) groups is 1. The Morgan fingerprint density at radius 2 is 1.81 bits per heavy atom. The van der Waals surface area contributed by atoms with Crippen LogP contribution in [0.25, 0.3) is 6.08 Å². The van der Waals surface area contributed by atoms with Gasteiger partial charge in [0.05, 0.1) is 6.61 Å². The molecule has 108 valence electrons. The van der Waals surface area contributed by atoms with Gasteiger partial charge in [0.25, 0.3) is 0 Å². The summed E-state index contributed by atoms with van der Waals surface area (Å²) in [5, 5.41) is 0.780. The van der Waals surface area contributed by atoms with Gasteiger partial charge in [0.15, 0.2) is 5.78 Å². The first-order valence-corrected chi connectivity index (χ1v) is 8.38. The maximum absolute atomic E-state index is 12.1. The fourth-order valence-electron chi connectivity index (χ4n) is 1.74. The van der Waals surface area contributed by atoms with E-state index in [0.29, 0.717) is 12.2 Å². The standard InChI is InChI=1S/C17H14Br2O2/c18-11-12-21-15-8-5-14(6-9-15)17(20)10-7-13-3-1-2-4-16(13)19/h1-10H,11-12H2/b10-7+. The molecule has 0 aliphatic heterocycles. The van der Waals surface area contributed by atoms with Crippen LogP contribution in [0.15, 0.2) is 59.1 Å². The van der Waals surface area contributed by atoms with E-state index in [9.17, 15) is 4.79 Å². The third-order valence-electron chi connectivity index (χ3n) is 2.80. The summed E-state index contributed by atoms with van der Waals surface area (Å²) < 4.78 is 6.42. The lowest BCUT2D eigenvalue weighted by molar-refractivity contribution is 0.104. The second-order valence-corrected chi connectivity index (χ2v) is 5.93. The molecule has 0 aliphatic carbocycles. The summed E-state index contributed by atoms with van der Waals surface area (Å²) in [6.45, 7) is 0.606. The fourth-order valence-corrected chi connectivity index (χ4v) is 2.32. The Hall–Kier alpha value is -1.39. The Balaban J connectivity index is 2.05. The van der Waals surface area contributed by atoms with Crippen molar-refractivity contribution in [3.63, 3.8) is 0 Å². The van der Waals surface area contributed by atoms with Crippen molar-refractivity contribution in [2.45, 2.75) is 0 Å². The molecule has 0 amide bonds. The second-order valence-electron chi connectivity index (χ2n) is 4.28. The highest BCUT2D eigenvalue weighted by Crippen LogP contribution is 2.18. The summed E-state index contributed by atoms with van der Waals surface area (Å²) in [7, 11) is 0. The third kappa shape index (κ3) is 4.83. The molecule has 0 saturated carbocycles. The van der Waals surface area contributed by atoms with E-state index in [1.165, 1.54) is 0 Å². The minimum Gasteiger partial charge on any atom is -0.493 e. The number of hydrogen-bond acceptors (Lipinski definition) is 2. The van der Waals surface area contributed by atoms with Crippen molar-refractivity contribution in [2.75, 3.05) is 11.9 Å². The molecule has 0 radical (unpaired) electrons. The van der Waals surface area contributed by atoms with E-state index in [2.05, 4.69) is 31.9 Å². The van der Waals surface area contributed by atoms with Crippen LogP contribution >= 0.6 is 31.9 Å². The van der Waals surface area contributed by atoms with Gasteiger partial charge >= 0.3 is 0 Å². The van der Waals surface area contributed by atoms with Gasteiger partial charge in [-0.15, -0.1) is 0 Å². The molecule has 0 fully saturated rings. The van der Waals surface area contributed by atoms with Crippen molar-refractivity contribution >= 4 is 43.7 Å². The number of alkyl halides is 1. The van der Waals surface area contributed by atoms with E-state index in [0.717, 1.165) is 21.1 Å². The Kier molecular flexibility index (Phi) is 6.21. The van der Waals surface area contributed by atoms with Crippen LogP contribution in [0.1, 0.15) is 15.9 Å². The Labute approximate surface area is 141 Å². The lowest BCUT2D eigenvalue weighted by atomic mass is 10.1. The molecule has 0 saturated heterocycles. The van der Waals surface area contributed by atoms with Crippen LogP contribution in [0.2, 0.25) is 0 Å². The molecule has 0 atom stereocenters. The number of ether oxygens (including phenoxy) is 1. The smallest absolute Gasteiger partial charge is 0.185 e. The summed E-state index contributed by atoms with van der Waals surface area (Å²) in [5.41, 5.74) is 1.62. The molecule has 0 unspecified atom stereocenters. The molecule has 21 heavy (non-hydrogen) atoms. The van der Waals surface area contributed by atoms with Crippen molar-refractivity contribution < 1.29 is 9.53 Å². The fraction of sp³-hybridized carbons (Fsp3) is 0.118. The first-order valence-electron chi connectivity index (χ1n) is 6.46. The van der Waals surface area contributed by atoms with Crippen molar-refractivity contribution in [2.24, 2.45) is 0 Å². The highest BCUT2D eigenvalue weighted by atomic mass is 79.9. The lowest BCUT2D eigenvalue weighted by Gasteiger charge is -2.04. The van der Waals surface area contributed by atoms with Crippen molar-refractivity contribution in [1.82, 2.24) is 0 Å². The first-order chi connectivity index (χ1) is 10.2. The number of hydrogen-bond donors (Lipinski definition) is 0. The number of benzene rings is 2. The van der Waals surface area contributed by atoms with E-state index in [4.69, 9.17) is 4.74 Å². The molecule has 0 bridgehead atoms. The van der Waals surface area contributed by atoms with Gasteiger partial charge < -0.3 is 4.74 Å². The highest BCUT2D eigenvalue weighted by Gasteiger charge is 2.03. The lowest BCUT2D eigenvalue weighted by Crippen LogP contribution is -1.99. The average Bonchev–Trinajstić information content (AvgIpc) is 2.52. The van der Waals surface area contributed by atoms with Crippen molar-refractivity contribution in [3.8, 4) is 5.75 Å². The molecule has 0 N–H and O–H groups in total. The van der Waals surface area contributed by atoms with Crippen LogP contribution in [0.4, 0.5) is 0 Å².